The predicted octanol–water partition coefficient (Wildman–Crippen LogP) is -0.0603. The summed E-state index contributed by atoms with van der Waals surface area (Å²) in [6.07, 6.45) is 3.94. The number of hydrogen-bond acceptors (Lipinski definition) is 7. The minimum Gasteiger partial charge on any atom is -0.380 e. The molecular weight excluding hydrogens is 366 g/mol. The first-order chi connectivity index (χ1) is 11.7. The summed E-state index contributed by atoms with van der Waals surface area (Å²) in [6, 6.07) is 1.11. The highest BCUT2D eigenvalue weighted by Gasteiger charge is 2.33. The van der Waals surface area contributed by atoms with Crippen LogP contribution < -0.4 is 5.32 Å². The Hall–Kier alpha value is -1.68. The highest BCUT2D eigenvalue weighted by Crippen LogP contribution is 2.21. The Morgan fingerprint density at radius 3 is 2.40 bits per heavy atom. The topological polar surface area (TPSA) is 114 Å². The summed E-state index contributed by atoms with van der Waals surface area (Å²) < 4.78 is 46.2. The van der Waals surface area contributed by atoms with Crippen LogP contribution in [0, 0.1) is 0 Å². The van der Waals surface area contributed by atoms with E-state index in [4.69, 9.17) is 0 Å². The van der Waals surface area contributed by atoms with E-state index in [1.165, 1.54) is 11.1 Å². The Labute approximate surface area is 147 Å². The maximum atomic E-state index is 12.6. The molecule has 0 radical (unpaired) electrons. The molecule has 2 fully saturated rings. The third-order valence-corrected chi connectivity index (χ3v) is 8.18. The van der Waals surface area contributed by atoms with Crippen LogP contribution in [0.15, 0.2) is 18.5 Å². The van der Waals surface area contributed by atoms with Crippen molar-refractivity contribution in [1.29, 1.82) is 0 Å². The van der Waals surface area contributed by atoms with E-state index in [0.717, 1.165) is 0 Å². The standard InChI is InChI=1S/C15H21N3O5S2/c1-18(14-3-5-25(22,23)10-14)15(19)11-6-13(8-16-7-11)17-12-2-4-24(20,21)9-12/h6-8,12,14,17H,2-5,9-10H2,1H3. The van der Waals surface area contributed by atoms with Crippen molar-refractivity contribution < 1.29 is 21.6 Å². The van der Waals surface area contributed by atoms with E-state index >= 15 is 0 Å². The van der Waals surface area contributed by atoms with Gasteiger partial charge >= 0.3 is 0 Å². The van der Waals surface area contributed by atoms with Crippen molar-refractivity contribution in [1.82, 2.24) is 9.88 Å². The summed E-state index contributed by atoms with van der Waals surface area (Å²) in [5.41, 5.74) is 0.929. The molecule has 3 rings (SSSR count). The van der Waals surface area contributed by atoms with Gasteiger partial charge in [0, 0.05) is 31.5 Å². The Morgan fingerprint density at radius 1 is 1.12 bits per heavy atom. The predicted molar refractivity (Wildman–Crippen MR) is 94.1 cm³/mol. The lowest BCUT2D eigenvalue weighted by atomic mass is 10.1. The quantitative estimate of drug-likeness (QED) is 0.770. The molecule has 0 aliphatic carbocycles. The van der Waals surface area contributed by atoms with Crippen molar-refractivity contribution >= 4 is 31.3 Å². The molecule has 1 aromatic heterocycles. The maximum Gasteiger partial charge on any atom is 0.255 e. The number of hydrogen-bond donors (Lipinski definition) is 1. The lowest BCUT2D eigenvalue weighted by molar-refractivity contribution is 0.0747. The monoisotopic (exact) mass is 387 g/mol. The summed E-state index contributed by atoms with van der Waals surface area (Å²) in [7, 11) is -4.47. The fraction of sp³-hybridized carbons (Fsp3) is 0.600. The summed E-state index contributed by atoms with van der Waals surface area (Å²) in [5.74, 6) is 0.0317. The second-order valence-electron chi connectivity index (χ2n) is 6.68. The van der Waals surface area contributed by atoms with E-state index in [0.29, 0.717) is 24.1 Å². The van der Waals surface area contributed by atoms with Gasteiger partial charge in [-0.15, -0.1) is 0 Å². The average molecular weight is 387 g/mol. The zero-order valence-electron chi connectivity index (χ0n) is 13.9. The number of rotatable bonds is 4. The molecule has 0 aromatic carbocycles. The van der Waals surface area contributed by atoms with Crippen LogP contribution >= 0.6 is 0 Å². The molecule has 2 atom stereocenters. The van der Waals surface area contributed by atoms with Gasteiger partial charge in [-0.25, -0.2) is 16.8 Å². The van der Waals surface area contributed by atoms with E-state index in [1.54, 1.807) is 19.3 Å². The zero-order chi connectivity index (χ0) is 18.2. The van der Waals surface area contributed by atoms with Crippen LogP contribution in [-0.2, 0) is 19.7 Å². The smallest absolute Gasteiger partial charge is 0.255 e. The molecular formula is C15H21N3O5S2. The van der Waals surface area contributed by atoms with Gasteiger partial charge < -0.3 is 10.2 Å². The third kappa shape index (κ3) is 4.30. The van der Waals surface area contributed by atoms with Crippen LogP contribution in [0.25, 0.3) is 0 Å². The van der Waals surface area contributed by atoms with Gasteiger partial charge in [-0.2, -0.15) is 0 Å². The molecule has 138 valence electrons. The van der Waals surface area contributed by atoms with Crippen molar-refractivity contribution in [2.45, 2.75) is 24.9 Å². The van der Waals surface area contributed by atoms with Crippen LogP contribution in [0.2, 0.25) is 0 Å². The van der Waals surface area contributed by atoms with Crippen molar-refractivity contribution in [3.63, 3.8) is 0 Å². The molecule has 0 saturated carbocycles. The minimum atomic E-state index is -3.07. The van der Waals surface area contributed by atoms with Crippen LogP contribution in [0.4, 0.5) is 5.69 Å². The highest BCUT2D eigenvalue weighted by atomic mass is 32.2. The van der Waals surface area contributed by atoms with E-state index in [1.807, 2.05) is 0 Å². The van der Waals surface area contributed by atoms with Crippen molar-refractivity contribution in [2.75, 3.05) is 35.4 Å². The SMILES string of the molecule is CN(C(=O)c1cncc(NC2CCS(=O)(=O)C2)c1)C1CCS(=O)(=O)C1. The molecule has 2 aliphatic heterocycles. The number of sulfone groups is 2. The summed E-state index contributed by atoms with van der Waals surface area (Å²) in [6.45, 7) is 0. The fourth-order valence-corrected chi connectivity index (χ4v) is 6.68. The Kier molecular flexibility index (Phi) is 4.76. The van der Waals surface area contributed by atoms with E-state index in [-0.39, 0.29) is 41.0 Å². The van der Waals surface area contributed by atoms with Crippen LogP contribution in [0.1, 0.15) is 23.2 Å². The van der Waals surface area contributed by atoms with Crippen molar-refractivity contribution in [3.8, 4) is 0 Å². The minimum absolute atomic E-state index is 0.0134. The van der Waals surface area contributed by atoms with E-state index in [2.05, 4.69) is 10.3 Å². The molecule has 1 N–H and O–H groups in total. The molecule has 1 aromatic rings. The first kappa shape index (κ1) is 18.1. The summed E-state index contributed by atoms with van der Waals surface area (Å²) in [4.78, 5) is 18.1. The van der Waals surface area contributed by atoms with Gasteiger partial charge in [-0.1, -0.05) is 0 Å². The van der Waals surface area contributed by atoms with E-state index in [9.17, 15) is 21.6 Å². The molecule has 8 nitrogen and oxygen atoms in total. The van der Waals surface area contributed by atoms with Gasteiger partial charge in [-0.3, -0.25) is 9.78 Å². The normalized spacial score (nSPS) is 27.1. The van der Waals surface area contributed by atoms with Gasteiger partial charge in [0.15, 0.2) is 19.7 Å². The molecule has 2 saturated heterocycles. The Bertz CT molecular complexity index is 882. The van der Waals surface area contributed by atoms with Gasteiger partial charge in [0.25, 0.3) is 5.91 Å². The molecule has 10 heteroatoms. The fourth-order valence-electron chi connectivity index (χ4n) is 3.23. The van der Waals surface area contributed by atoms with Crippen LogP contribution in [0.5, 0.6) is 0 Å². The lowest BCUT2D eigenvalue weighted by Gasteiger charge is -2.23. The van der Waals surface area contributed by atoms with Gasteiger partial charge in [-0.05, 0) is 18.9 Å². The maximum absolute atomic E-state index is 12.6. The summed E-state index contributed by atoms with van der Waals surface area (Å²) >= 11 is 0. The van der Waals surface area contributed by atoms with Gasteiger partial charge in [0.05, 0.1) is 34.3 Å². The molecule has 3 heterocycles. The van der Waals surface area contributed by atoms with Gasteiger partial charge in [0.1, 0.15) is 0 Å². The second kappa shape index (κ2) is 6.56. The largest absolute Gasteiger partial charge is 0.380 e. The number of carbonyl (C=O) groups is 1. The van der Waals surface area contributed by atoms with E-state index < -0.39 is 19.7 Å². The van der Waals surface area contributed by atoms with Crippen LogP contribution in [0.3, 0.4) is 0 Å². The molecule has 2 unspecified atom stereocenters. The third-order valence-electron chi connectivity index (χ3n) is 4.66. The van der Waals surface area contributed by atoms with Crippen molar-refractivity contribution in [2.24, 2.45) is 0 Å². The Morgan fingerprint density at radius 2 is 1.80 bits per heavy atom. The number of aromatic nitrogens is 1. The Balaban J connectivity index is 1.69. The molecule has 2 aliphatic rings. The molecule has 25 heavy (non-hydrogen) atoms. The number of amides is 1. The number of pyridine rings is 1. The lowest BCUT2D eigenvalue weighted by Crippen LogP contribution is -2.37. The number of carbonyl (C=O) groups excluding carboxylic acids is 1. The van der Waals surface area contributed by atoms with Crippen molar-refractivity contribution in [3.05, 3.63) is 24.0 Å². The number of nitrogens with zero attached hydrogens (tertiary/aromatic N) is 2. The molecule has 0 bridgehead atoms. The first-order valence-electron chi connectivity index (χ1n) is 8.05. The average Bonchev–Trinajstić information content (AvgIpc) is 3.07. The molecule has 1 amide bonds. The zero-order valence-corrected chi connectivity index (χ0v) is 15.5. The number of anilines is 1. The highest BCUT2D eigenvalue weighted by molar-refractivity contribution is 7.91. The number of nitrogens with one attached hydrogen (secondary N) is 1. The van der Waals surface area contributed by atoms with Gasteiger partial charge in [0.2, 0.25) is 0 Å². The first-order valence-corrected chi connectivity index (χ1v) is 11.7. The molecule has 0 spiro atoms. The van der Waals surface area contributed by atoms with Crippen LogP contribution in [-0.4, -0.2) is 74.8 Å². The second-order valence-corrected chi connectivity index (χ2v) is 11.1. The summed E-state index contributed by atoms with van der Waals surface area (Å²) in [5, 5.41) is 3.11.